The van der Waals surface area contributed by atoms with Crippen LogP contribution in [0.25, 0.3) is 0 Å². The minimum absolute atomic E-state index is 0.147. The predicted octanol–water partition coefficient (Wildman–Crippen LogP) is 3.31. The van der Waals surface area contributed by atoms with Gasteiger partial charge in [-0.2, -0.15) is 0 Å². The minimum atomic E-state index is -1.01. The first-order valence-corrected chi connectivity index (χ1v) is 6.66. The Morgan fingerprint density at radius 3 is 2.71 bits per heavy atom. The summed E-state index contributed by atoms with van der Waals surface area (Å²) >= 11 is 6.05. The number of hydrogen-bond donors (Lipinski definition) is 2. The number of para-hydroxylation sites is 1. The zero-order chi connectivity index (χ0) is 14.8. The van der Waals surface area contributed by atoms with Gasteiger partial charge in [-0.15, -0.1) is 0 Å². The topological polar surface area (TPSA) is 67.8 Å². The molecule has 6 heteroatoms. The van der Waals surface area contributed by atoms with Crippen LogP contribution in [0.2, 0.25) is 5.02 Å². The van der Waals surface area contributed by atoms with Gasteiger partial charge in [-0.05, 0) is 29.8 Å². The number of ether oxygens (including phenoxy) is 2. The van der Waals surface area contributed by atoms with Gasteiger partial charge in [0.2, 0.25) is 6.79 Å². The second-order valence-corrected chi connectivity index (χ2v) is 4.92. The van der Waals surface area contributed by atoms with E-state index < -0.39 is 12.0 Å². The first-order chi connectivity index (χ1) is 10.1. The number of anilines is 1. The summed E-state index contributed by atoms with van der Waals surface area (Å²) < 4.78 is 10.5. The molecule has 2 N–H and O–H groups in total. The molecule has 1 aliphatic rings. The van der Waals surface area contributed by atoms with E-state index in [1.54, 1.807) is 42.5 Å². The van der Waals surface area contributed by atoms with Crippen LogP contribution >= 0.6 is 11.6 Å². The Morgan fingerprint density at radius 1 is 1.19 bits per heavy atom. The highest BCUT2D eigenvalue weighted by atomic mass is 35.5. The fraction of sp³-hybridized carbons (Fsp3) is 0.133. The van der Waals surface area contributed by atoms with E-state index in [4.69, 9.17) is 21.1 Å². The number of carboxylic acids is 1. The summed E-state index contributed by atoms with van der Waals surface area (Å²) in [6, 6.07) is 11.1. The number of halogens is 1. The second-order valence-electron chi connectivity index (χ2n) is 4.51. The third-order valence-electron chi connectivity index (χ3n) is 3.15. The number of aliphatic carboxylic acids is 1. The molecule has 1 atom stereocenters. The van der Waals surface area contributed by atoms with Crippen molar-refractivity contribution < 1.29 is 19.4 Å². The Balaban J connectivity index is 1.92. The summed E-state index contributed by atoms with van der Waals surface area (Å²) in [4.78, 5) is 11.5. The van der Waals surface area contributed by atoms with Gasteiger partial charge >= 0.3 is 5.97 Å². The van der Waals surface area contributed by atoms with Gasteiger partial charge in [0.15, 0.2) is 17.5 Å². The lowest BCUT2D eigenvalue weighted by molar-refractivity contribution is -0.138. The predicted molar refractivity (Wildman–Crippen MR) is 78.0 cm³/mol. The molecule has 0 radical (unpaired) electrons. The Labute approximate surface area is 126 Å². The van der Waals surface area contributed by atoms with Gasteiger partial charge in [0, 0.05) is 0 Å². The fourth-order valence-electron chi connectivity index (χ4n) is 2.11. The van der Waals surface area contributed by atoms with E-state index in [0.717, 1.165) is 0 Å². The van der Waals surface area contributed by atoms with E-state index in [-0.39, 0.29) is 6.79 Å². The molecule has 0 amide bonds. The summed E-state index contributed by atoms with van der Waals surface area (Å²) in [6.07, 6.45) is 0. The average molecular weight is 306 g/mol. The average Bonchev–Trinajstić information content (AvgIpc) is 2.93. The molecule has 0 bridgehead atoms. The number of carboxylic acid groups (broad SMARTS) is 1. The van der Waals surface area contributed by atoms with Crippen LogP contribution in [0.5, 0.6) is 11.5 Å². The van der Waals surface area contributed by atoms with Gasteiger partial charge in [-0.3, -0.25) is 0 Å². The highest BCUT2D eigenvalue weighted by molar-refractivity contribution is 6.33. The molecule has 0 saturated carbocycles. The Bertz CT molecular complexity index is 689. The monoisotopic (exact) mass is 305 g/mol. The molecule has 5 nitrogen and oxygen atoms in total. The molecular weight excluding hydrogens is 294 g/mol. The molecule has 3 rings (SSSR count). The quantitative estimate of drug-likeness (QED) is 0.907. The van der Waals surface area contributed by atoms with E-state index >= 15 is 0 Å². The zero-order valence-corrected chi connectivity index (χ0v) is 11.6. The summed E-state index contributed by atoms with van der Waals surface area (Å²) in [5, 5.41) is 12.8. The Kier molecular flexibility index (Phi) is 3.58. The molecule has 0 aliphatic carbocycles. The summed E-state index contributed by atoms with van der Waals surface area (Å²) in [7, 11) is 0. The number of rotatable bonds is 4. The molecule has 2 aromatic carbocycles. The third kappa shape index (κ3) is 2.73. The van der Waals surface area contributed by atoms with Gasteiger partial charge in [-0.25, -0.2) is 4.79 Å². The first-order valence-electron chi connectivity index (χ1n) is 6.28. The standard InChI is InChI=1S/C15H12ClNO4/c16-10-3-1-2-4-11(10)17-14(15(18)19)9-5-6-12-13(7-9)21-8-20-12/h1-7,14,17H,8H2,(H,18,19). The van der Waals surface area contributed by atoms with Crippen molar-refractivity contribution in [3.05, 3.63) is 53.1 Å². The van der Waals surface area contributed by atoms with Crippen molar-refractivity contribution in [3.8, 4) is 11.5 Å². The molecular formula is C15H12ClNO4. The summed E-state index contributed by atoms with van der Waals surface area (Å²) in [5.41, 5.74) is 1.12. The van der Waals surface area contributed by atoms with Crippen molar-refractivity contribution >= 4 is 23.3 Å². The molecule has 1 heterocycles. The van der Waals surface area contributed by atoms with Crippen LogP contribution in [0, 0.1) is 0 Å². The van der Waals surface area contributed by atoms with Crippen LogP contribution in [-0.2, 0) is 4.79 Å². The number of benzene rings is 2. The molecule has 1 aliphatic heterocycles. The van der Waals surface area contributed by atoms with Crippen LogP contribution in [0.3, 0.4) is 0 Å². The minimum Gasteiger partial charge on any atom is -0.479 e. The highest BCUT2D eigenvalue weighted by Crippen LogP contribution is 2.35. The lowest BCUT2D eigenvalue weighted by Crippen LogP contribution is -2.20. The maximum Gasteiger partial charge on any atom is 0.330 e. The molecule has 0 aromatic heterocycles. The second kappa shape index (κ2) is 5.54. The van der Waals surface area contributed by atoms with Crippen molar-refractivity contribution in [1.82, 2.24) is 0 Å². The van der Waals surface area contributed by atoms with E-state index in [1.807, 2.05) is 0 Å². The third-order valence-corrected chi connectivity index (χ3v) is 3.48. The fourth-order valence-corrected chi connectivity index (χ4v) is 2.30. The number of fused-ring (bicyclic) bond motifs is 1. The van der Waals surface area contributed by atoms with Crippen LogP contribution in [0.1, 0.15) is 11.6 Å². The maximum absolute atomic E-state index is 11.5. The smallest absolute Gasteiger partial charge is 0.330 e. The van der Waals surface area contributed by atoms with Crippen molar-refractivity contribution in [3.63, 3.8) is 0 Å². The molecule has 1 unspecified atom stereocenters. The molecule has 0 fully saturated rings. The maximum atomic E-state index is 11.5. The molecule has 21 heavy (non-hydrogen) atoms. The van der Waals surface area contributed by atoms with Gasteiger partial charge in [0.1, 0.15) is 0 Å². The van der Waals surface area contributed by atoms with E-state index in [9.17, 15) is 9.90 Å². The largest absolute Gasteiger partial charge is 0.479 e. The Morgan fingerprint density at radius 2 is 1.95 bits per heavy atom. The van der Waals surface area contributed by atoms with Crippen molar-refractivity contribution in [2.24, 2.45) is 0 Å². The zero-order valence-electron chi connectivity index (χ0n) is 10.9. The van der Waals surface area contributed by atoms with Crippen molar-refractivity contribution in [2.45, 2.75) is 6.04 Å². The van der Waals surface area contributed by atoms with Gasteiger partial charge in [0.05, 0.1) is 10.7 Å². The summed E-state index contributed by atoms with van der Waals surface area (Å²) in [6.45, 7) is 0.147. The molecule has 0 saturated heterocycles. The lowest BCUT2D eigenvalue weighted by atomic mass is 10.1. The van der Waals surface area contributed by atoms with Gasteiger partial charge in [0.25, 0.3) is 0 Å². The van der Waals surface area contributed by atoms with Crippen LogP contribution in [-0.4, -0.2) is 17.9 Å². The van der Waals surface area contributed by atoms with E-state index in [2.05, 4.69) is 5.32 Å². The van der Waals surface area contributed by atoms with Crippen LogP contribution in [0.4, 0.5) is 5.69 Å². The molecule has 2 aromatic rings. The lowest BCUT2D eigenvalue weighted by Gasteiger charge is -2.17. The van der Waals surface area contributed by atoms with Crippen LogP contribution in [0.15, 0.2) is 42.5 Å². The van der Waals surface area contributed by atoms with Gasteiger partial charge in [-0.1, -0.05) is 29.8 Å². The van der Waals surface area contributed by atoms with Crippen LogP contribution < -0.4 is 14.8 Å². The van der Waals surface area contributed by atoms with E-state index in [0.29, 0.717) is 27.8 Å². The Hall–Kier alpha value is -2.40. The number of hydrogen-bond acceptors (Lipinski definition) is 4. The number of nitrogens with one attached hydrogen (secondary N) is 1. The molecule has 108 valence electrons. The highest BCUT2D eigenvalue weighted by Gasteiger charge is 2.23. The first kappa shape index (κ1) is 13.6. The van der Waals surface area contributed by atoms with E-state index in [1.165, 1.54) is 0 Å². The van der Waals surface area contributed by atoms with Crippen molar-refractivity contribution in [2.75, 3.05) is 12.1 Å². The normalized spacial score (nSPS) is 13.8. The SMILES string of the molecule is O=C(O)C(Nc1ccccc1Cl)c1ccc2c(c1)OCO2. The van der Waals surface area contributed by atoms with Gasteiger partial charge < -0.3 is 19.9 Å². The molecule has 0 spiro atoms. The summed E-state index contributed by atoms with van der Waals surface area (Å²) in [5.74, 6) is 0.147. The number of carbonyl (C=O) groups is 1. The van der Waals surface area contributed by atoms with Crippen molar-refractivity contribution in [1.29, 1.82) is 0 Å².